The van der Waals surface area contributed by atoms with Gasteiger partial charge in [0.15, 0.2) is 0 Å². The van der Waals surface area contributed by atoms with Crippen LogP contribution >= 0.6 is 0 Å². The largest absolute Gasteiger partial charge is 0.467 e. The van der Waals surface area contributed by atoms with Crippen molar-refractivity contribution in [2.24, 2.45) is 5.92 Å². The summed E-state index contributed by atoms with van der Waals surface area (Å²) in [4.78, 5) is 49.2. The predicted octanol–water partition coefficient (Wildman–Crippen LogP) is 1.23. The number of methoxy groups -OCH3 is 1. The maximum absolute atomic E-state index is 12.4. The maximum atomic E-state index is 12.4. The molecule has 24 heavy (non-hydrogen) atoms. The number of fused-ring (bicyclic) bond motifs is 1. The highest BCUT2D eigenvalue weighted by Gasteiger charge is 2.34. The molecule has 7 nitrogen and oxygen atoms in total. The second-order valence-electron chi connectivity index (χ2n) is 5.79. The smallest absolute Gasteiger partial charge is 0.328 e. The van der Waals surface area contributed by atoms with Crippen molar-refractivity contribution in [3.05, 3.63) is 34.9 Å². The number of rotatable bonds is 5. The zero-order valence-electron chi connectivity index (χ0n) is 14.1. The van der Waals surface area contributed by atoms with Crippen LogP contribution in [0.15, 0.2) is 18.2 Å². The van der Waals surface area contributed by atoms with E-state index in [2.05, 4.69) is 5.32 Å². The van der Waals surface area contributed by atoms with Crippen LogP contribution in [0.3, 0.4) is 0 Å². The summed E-state index contributed by atoms with van der Waals surface area (Å²) in [7, 11) is 2.65. The second-order valence-corrected chi connectivity index (χ2v) is 5.79. The Morgan fingerprint density at radius 2 is 1.83 bits per heavy atom. The molecule has 2 unspecified atom stereocenters. The Bertz CT molecular complexity index is 713. The lowest BCUT2D eigenvalue weighted by molar-refractivity contribution is -0.144. The molecule has 7 heteroatoms. The third-order valence-electron chi connectivity index (χ3n) is 4.31. The normalized spacial score (nSPS) is 15.8. The highest BCUT2D eigenvalue weighted by molar-refractivity contribution is 6.21. The number of carbonyl (C=O) groups excluding carboxylic acids is 4. The third-order valence-corrected chi connectivity index (χ3v) is 4.31. The van der Waals surface area contributed by atoms with Gasteiger partial charge in [0, 0.05) is 12.6 Å². The lowest BCUT2D eigenvalue weighted by Crippen LogP contribution is -2.45. The van der Waals surface area contributed by atoms with Gasteiger partial charge < -0.3 is 10.1 Å². The van der Waals surface area contributed by atoms with Crippen LogP contribution in [0, 0.1) is 5.92 Å². The Morgan fingerprint density at radius 3 is 2.42 bits per heavy atom. The fraction of sp³-hybridized carbons (Fsp3) is 0.412. The van der Waals surface area contributed by atoms with Crippen molar-refractivity contribution >= 4 is 23.7 Å². The van der Waals surface area contributed by atoms with Crippen LogP contribution in [-0.2, 0) is 9.53 Å². The van der Waals surface area contributed by atoms with Gasteiger partial charge in [-0.3, -0.25) is 19.3 Å². The number of hydrogen-bond acceptors (Lipinski definition) is 5. The average Bonchev–Trinajstić information content (AvgIpc) is 2.82. The first-order valence-electron chi connectivity index (χ1n) is 7.66. The summed E-state index contributed by atoms with van der Waals surface area (Å²) in [5, 5.41) is 2.64. The molecule has 1 aliphatic rings. The molecule has 128 valence electrons. The molecule has 1 aromatic rings. The summed E-state index contributed by atoms with van der Waals surface area (Å²) in [5.74, 6) is -1.97. The van der Waals surface area contributed by atoms with Crippen molar-refractivity contribution in [1.29, 1.82) is 0 Å². The second kappa shape index (κ2) is 6.82. The monoisotopic (exact) mass is 332 g/mol. The zero-order valence-corrected chi connectivity index (χ0v) is 14.1. The van der Waals surface area contributed by atoms with Crippen molar-refractivity contribution in [2.75, 3.05) is 14.2 Å². The number of ether oxygens (including phenoxy) is 1. The van der Waals surface area contributed by atoms with Crippen LogP contribution in [0.1, 0.15) is 51.3 Å². The predicted molar refractivity (Wildman–Crippen MR) is 85.6 cm³/mol. The molecule has 1 heterocycles. The zero-order chi connectivity index (χ0) is 18.0. The van der Waals surface area contributed by atoms with Gasteiger partial charge in [-0.2, -0.15) is 0 Å². The molecule has 0 saturated heterocycles. The first-order chi connectivity index (χ1) is 11.3. The van der Waals surface area contributed by atoms with Gasteiger partial charge in [0.1, 0.15) is 6.04 Å². The molecule has 1 N–H and O–H groups in total. The quantitative estimate of drug-likeness (QED) is 0.647. The van der Waals surface area contributed by atoms with Gasteiger partial charge in [-0.15, -0.1) is 0 Å². The molecule has 0 radical (unpaired) electrons. The molecule has 0 fully saturated rings. The summed E-state index contributed by atoms with van der Waals surface area (Å²) in [5.41, 5.74) is 0.668. The Labute approximate surface area is 140 Å². The molecule has 0 spiro atoms. The van der Waals surface area contributed by atoms with Crippen LogP contribution in [0.5, 0.6) is 0 Å². The van der Waals surface area contributed by atoms with Crippen LogP contribution < -0.4 is 5.32 Å². The van der Waals surface area contributed by atoms with E-state index < -0.39 is 29.7 Å². The Kier molecular flexibility index (Phi) is 5.02. The fourth-order valence-corrected chi connectivity index (χ4v) is 2.52. The molecule has 1 aliphatic heterocycles. The van der Waals surface area contributed by atoms with E-state index in [4.69, 9.17) is 4.74 Å². The number of imide groups is 1. The molecule has 1 aromatic carbocycles. The molecule has 0 bridgehead atoms. The minimum atomic E-state index is -0.777. The maximum Gasteiger partial charge on any atom is 0.328 e. The van der Waals surface area contributed by atoms with Gasteiger partial charge >= 0.3 is 5.97 Å². The molecular weight excluding hydrogens is 312 g/mol. The van der Waals surface area contributed by atoms with E-state index in [9.17, 15) is 19.2 Å². The molecule has 0 saturated carbocycles. The van der Waals surface area contributed by atoms with E-state index >= 15 is 0 Å². The first-order valence-corrected chi connectivity index (χ1v) is 7.66. The fourth-order valence-electron chi connectivity index (χ4n) is 2.52. The molecule has 2 atom stereocenters. The number of carbonyl (C=O) groups is 4. The number of esters is 1. The van der Waals surface area contributed by atoms with Gasteiger partial charge in [0.05, 0.1) is 18.2 Å². The summed E-state index contributed by atoms with van der Waals surface area (Å²) < 4.78 is 4.73. The minimum absolute atomic E-state index is 0.106. The number of nitrogens with zero attached hydrogens (tertiary/aromatic N) is 1. The third kappa shape index (κ3) is 3.02. The minimum Gasteiger partial charge on any atom is -0.467 e. The van der Waals surface area contributed by atoms with Crippen molar-refractivity contribution in [2.45, 2.75) is 26.3 Å². The highest BCUT2D eigenvalue weighted by atomic mass is 16.5. The lowest BCUT2D eigenvalue weighted by Gasteiger charge is -2.21. The van der Waals surface area contributed by atoms with Crippen LogP contribution in [0.4, 0.5) is 0 Å². The van der Waals surface area contributed by atoms with E-state index in [0.717, 1.165) is 4.90 Å². The standard InChI is InChI=1S/C17H20N2O5/c1-5-9(2)13(17(23)24-4)18-14(20)10-6-7-11-12(8-10)16(22)19(3)15(11)21/h6-9,13H,5H2,1-4H3,(H,18,20). The van der Waals surface area contributed by atoms with Gasteiger partial charge in [0.25, 0.3) is 17.7 Å². The lowest BCUT2D eigenvalue weighted by atomic mass is 9.98. The van der Waals surface area contributed by atoms with Crippen molar-refractivity contribution < 1.29 is 23.9 Å². The van der Waals surface area contributed by atoms with E-state index in [1.807, 2.05) is 13.8 Å². The van der Waals surface area contributed by atoms with Gasteiger partial charge in [-0.1, -0.05) is 20.3 Å². The average molecular weight is 332 g/mol. The summed E-state index contributed by atoms with van der Waals surface area (Å²) in [6, 6.07) is 3.51. The van der Waals surface area contributed by atoms with Crippen LogP contribution in [0.25, 0.3) is 0 Å². The molecule has 0 aliphatic carbocycles. The van der Waals surface area contributed by atoms with Crippen LogP contribution in [0.2, 0.25) is 0 Å². The molecule has 0 aromatic heterocycles. The summed E-state index contributed by atoms with van der Waals surface area (Å²) in [6.07, 6.45) is 0.683. The van der Waals surface area contributed by atoms with E-state index in [1.54, 1.807) is 0 Å². The van der Waals surface area contributed by atoms with E-state index in [0.29, 0.717) is 6.42 Å². The SMILES string of the molecule is CCC(C)C(NC(=O)c1ccc2c(c1)C(=O)N(C)C2=O)C(=O)OC. The topological polar surface area (TPSA) is 92.8 Å². The van der Waals surface area contributed by atoms with Gasteiger partial charge in [0.2, 0.25) is 0 Å². The highest BCUT2D eigenvalue weighted by Crippen LogP contribution is 2.23. The Morgan fingerprint density at radius 1 is 1.21 bits per heavy atom. The number of hydrogen-bond donors (Lipinski definition) is 1. The van der Waals surface area contributed by atoms with Crippen molar-refractivity contribution in [3.63, 3.8) is 0 Å². The molecule has 3 amide bonds. The van der Waals surface area contributed by atoms with Gasteiger partial charge in [-0.05, 0) is 24.1 Å². The number of amides is 3. The summed E-state index contributed by atoms with van der Waals surface area (Å²) >= 11 is 0. The van der Waals surface area contributed by atoms with E-state index in [-0.39, 0.29) is 22.6 Å². The molecule has 2 rings (SSSR count). The number of nitrogens with one attached hydrogen (secondary N) is 1. The number of benzene rings is 1. The Balaban J connectivity index is 2.26. The Hall–Kier alpha value is -2.70. The van der Waals surface area contributed by atoms with Crippen LogP contribution in [-0.4, -0.2) is 48.8 Å². The summed E-state index contributed by atoms with van der Waals surface area (Å²) in [6.45, 7) is 3.74. The van der Waals surface area contributed by atoms with E-state index in [1.165, 1.54) is 32.4 Å². The van der Waals surface area contributed by atoms with Gasteiger partial charge in [-0.25, -0.2) is 4.79 Å². The van der Waals surface area contributed by atoms with Crippen molar-refractivity contribution in [1.82, 2.24) is 10.2 Å². The molecular formula is C17H20N2O5. The van der Waals surface area contributed by atoms with Crippen molar-refractivity contribution in [3.8, 4) is 0 Å². The first kappa shape index (κ1) is 17.7.